The molecule has 1 aliphatic heterocycles. The van der Waals surface area contributed by atoms with Crippen molar-refractivity contribution < 1.29 is 18.7 Å². The van der Waals surface area contributed by atoms with E-state index in [1.54, 1.807) is 46.1 Å². The fourth-order valence-corrected chi connectivity index (χ4v) is 4.05. The van der Waals surface area contributed by atoms with E-state index in [0.717, 1.165) is 16.8 Å². The predicted molar refractivity (Wildman–Crippen MR) is 135 cm³/mol. The first-order valence-electron chi connectivity index (χ1n) is 11.9. The Morgan fingerprint density at radius 3 is 2.31 bits per heavy atom. The third kappa shape index (κ3) is 5.81. The molecule has 2 amide bonds. The summed E-state index contributed by atoms with van der Waals surface area (Å²) in [7, 11) is 1.78. The van der Waals surface area contributed by atoms with Crippen molar-refractivity contribution in [3.63, 3.8) is 0 Å². The van der Waals surface area contributed by atoms with Crippen molar-refractivity contribution in [3.8, 4) is 22.5 Å². The van der Waals surface area contributed by atoms with Crippen molar-refractivity contribution in [3.05, 3.63) is 54.7 Å². The number of carbonyl (C=O) groups excluding carboxylic acids is 2. The number of ether oxygens (including phenoxy) is 1. The zero-order valence-electron chi connectivity index (χ0n) is 21.0. The molecule has 4 rings (SSSR count). The molecule has 3 heterocycles. The number of hydrogen-bond acceptors (Lipinski definition) is 6. The molecule has 1 aromatic carbocycles. The van der Waals surface area contributed by atoms with E-state index >= 15 is 0 Å². The van der Waals surface area contributed by atoms with Crippen LogP contribution in [0.1, 0.15) is 20.8 Å². The van der Waals surface area contributed by atoms with Crippen molar-refractivity contribution in [2.75, 3.05) is 38.5 Å². The summed E-state index contributed by atoms with van der Waals surface area (Å²) in [6, 6.07) is 9.85. The highest BCUT2D eigenvalue weighted by atomic mass is 19.1. The van der Waals surface area contributed by atoms with Crippen LogP contribution in [0.3, 0.4) is 0 Å². The molecule has 1 fully saturated rings. The summed E-state index contributed by atoms with van der Waals surface area (Å²) in [4.78, 5) is 37.8. The van der Waals surface area contributed by atoms with Gasteiger partial charge in [-0.2, -0.15) is 0 Å². The van der Waals surface area contributed by atoms with Gasteiger partial charge in [-0.05, 0) is 57.2 Å². The minimum Gasteiger partial charge on any atom is -0.444 e. The third-order valence-corrected chi connectivity index (χ3v) is 5.83. The van der Waals surface area contributed by atoms with E-state index in [9.17, 15) is 14.0 Å². The van der Waals surface area contributed by atoms with Crippen LogP contribution in [0.25, 0.3) is 22.5 Å². The minimum atomic E-state index is -0.565. The summed E-state index contributed by atoms with van der Waals surface area (Å²) in [5.74, 6) is 0.266. The largest absolute Gasteiger partial charge is 0.444 e. The maximum absolute atomic E-state index is 13.5. The lowest BCUT2D eigenvalue weighted by Gasteiger charge is -2.35. The third-order valence-electron chi connectivity index (χ3n) is 5.83. The fraction of sp³-hybridized carbons (Fsp3) is 0.385. The Hall–Kier alpha value is -3.95. The van der Waals surface area contributed by atoms with E-state index in [1.807, 2.05) is 32.9 Å². The lowest BCUT2D eigenvalue weighted by Crippen LogP contribution is -2.52. The van der Waals surface area contributed by atoms with E-state index < -0.39 is 5.60 Å². The predicted octanol–water partition coefficient (Wildman–Crippen LogP) is 3.87. The van der Waals surface area contributed by atoms with Crippen LogP contribution in [0.4, 0.5) is 15.0 Å². The molecule has 0 radical (unpaired) electrons. The van der Waals surface area contributed by atoms with Gasteiger partial charge in [0.2, 0.25) is 5.91 Å². The molecule has 9 nitrogen and oxygen atoms in total. The Morgan fingerprint density at radius 2 is 1.67 bits per heavy atom. The number of halogens is 1. The smallest absolute Gasteiger partial charge is 0.410 e. The zero-order valence-corrected chi connectivity index (χ0v) is 21.0. The van der Waals surface area contributed by atoms with Crippen LogP contribution < -0.4 is 5.32 Å². The molecule has 10 heteroatoms. The van der Waals surface area contributed by atoms with Crippen LogP contribution in [0, 0.1) is 5.82 Å². The number of imidazole rings is 1. The zero-order chi connectivity index (χ0) is 25.9. The molecule has 36 heavy (non-hydrogen) atoms. The Morgan fingerprint density at radius 1 is 1.00 bits per heavy atom. The molecule has 1 saturated heterocycles. The van der Waals surface area contributed by atoms with Crippen molar-refractivity contribution in [1.82, 2.24) is 24.3 Å². The second-order valence-corrected chi connectivity index (χ2v) is 9.60. The molecule has 0 aliphatic carbocycles. The number of aromatic nitrogens is 3. The van der Waals surface area contributed by atoms with Crippen LogP contribution in [0.15, 0.2) is 48.9 Å². The average Bonchev–Trinajstić information content (AvgIpc) is 3.27. The molecule has 0 atom stereocenters. The van der Waals surface area contributed by atoms with Crippen molar-refractivity contribution in [1.29, 1.82) is 0 Å². The number of piperazine rings is 1. The molecule has 0 bridgehead atoms. The van der Waals surface area contributed by atoms with E-state index in [1.165, 1.54) is 12.1 Å². The SMILES string of the molecule is CNc1cc(-c2c(-c3ccc(F)cc3)ncn2CC(=O)N2CCN(C(=O)OC(C)(C)C)CC2)ccn1. The first-order chi connectivity index (χ1) is 17.1. The first kappa shape index (κ1) is 25.2. The van der Waals surface area contributed by atoms with Crippen molar-refractivity contribution in [2.45, 2.75) is 32.9 Å². The number of hydrogen-bond donors (Lipinski definition) is 1. The molecule has 0 unspecified atom stereocenters. The van der Waals surface area contributed by atoms with Gasteiger partial charge < -0.3 is 24.4 Å². The van der Waals surface area contributed by atoms with Crippen LogP contribution in [0.2, 0.25) is 0 Å². The quantitative estimate of drug-likeness (QED) is 0.579. The number of carbonyl (C=O) groups is 2. The van der Waals surface area contributed by atoms with Gasteiger partial charge in [-0.25, -0.2) is 19.2 Å². The van der Waals surface area contributed by atoms with Crippen LogP contribution >= 0.6 is 0 Å². The molecule has 0 spiro atoms. The highest BCUT2D eigenvalue weighted by Crippen LogP contribution is 2.32. The van der Waals surface area contributed by atoms with Gasteiger partial charge >= 0.3 is 6.09 Å². The van der Waals surface area contributed by atoms with Gasteiger partial charge in [0.1, 0.15) is 23.8 Å². The van der Waals surface area contributed by atoms with Gasteiger partial charge in [0, 0.05) is 50.6 Å². The summed E-state index contributed by atoms with van der Waals surface area (Å²) >= 11 is 0. The van der Waals surface area contributed by atoms with E-state index in [2.05, 4.69) is 15.3 Å². The summed E-state index contributed by atoms with van der Waals surface area (Å²) < 4.78 is 20.8. The normalized spacial score (nSPS) is 14.0. The van der Waals surface area contributed by atoms with Crippen molar-refractivity contribution >= 4 is 17.8 Å². The van der Waals surface area contributed by atoms with E-state index in [4.69, 9.17) is 4.74 Å². The standard InChI is InChI=1S/C26H31FN6O3/c1-26(2,3)36-25(35)32-13-11-31(12-14-32)22(34)16-33-17-30-23(18-5-7-20(27)8-6-18)24(33)19-9-10-29-21(15-19)28-4/h5-10,15,17H,11-14,16H2,1-4H3,(H,28,29). The maximum Gasteiger partial charge on any atom is 0.410 e. The molecule has 0 saturated carbocycles. The second-order valence-electron chi connectivity index (χ2n) is 9.60. The topological polar surface area (TPSA) is 92.6 Å². The monoisotopic (exact) mass is 494 g/mol. The minimum absolute atomic E-state index is 0.0766. The summed E-state index contributed by atoms with van der Waals surface area (Å²) in [5.41, 5.74) is 2.39. The number of pyridine rings is 1. The highest BCUT2D eigenvalue weighted by Gasteiger charge is 2.28. The Bertz CT molecular complexity index is 1230. The van der Waals surface area contributed by atoms with Gasteiger partial charge in [-0.3, -0.25) is 4.79 Å². The number of nitrogens with zero attached hydrogens (tertiary/aromatic N) is 5. The van der Waals surface area contributed by atoms with Gasteiger partial charge in [0.05, 0.1) is 17.7 Å². The molecule has 190 valence electrons. The molecule has 3 aromatic rings. The number of benzene rings is 1. The molecule has 2 aromatic heterocycles. The Kier molecular flexibility index (Phi) is 7.23. The van der Waals surface area contributed by atoms with Gasteiger partial charge in [0.15, 0.2) is 0 Å². The van der Waals surface area contributed by atoms with Crippen LogP contribution in [-0.4, -0.2) is 75.2 Å². The maximum atomic E-state index is 13.5. The molecular formula is C26H31FN6O3. The Labute approximate surface area is 209 Å². The van der Waals surface area contributed by atoms with Gasteiger partial charge in [-0.1, -0.05) is 0 Å². The molecular weight excluding hydrogens is 463 g/mol. The van der Waals surface area contributed by atoms with Crippen LogP contribution in [-0.2, 0) is 16.1 Å². The van der Waals surface area contributed by atoms with E-state index in [-0.39, 0.29) is 24.4 Å². The van der Waals surface area contributed by atoms with E-state index in [0.29, 0.717) is 37.7 Å². The highest BCUT2D eigenvalue weighted by molar-refractivity contribution is 5.82. The number of anilines is 1. The lowest BCUT2D eigenvalue weighted by molar-refractivity contribution is -0.133. The molecule has 1 N–H and O–H groups in total. The van der Waals surface area contributed by atoms with Gasteiger partial charge in [0.25, 0.3) is 0 Å². The number of amides is 2. The summed E-state index contributed by atoms with van der Waals surface area (Å²) in [6.07, 6.45) is 2.95. The first-order valence-corrected chi connectivity index (χ1v) is 11.9. The second kappa shape index (κ2) is 10.3. The Balaban J connectivity index is 1.54. The fourth-order valence-electron chi connectivity index (χ4n) is 4.05. The van der Waals surface area contributed by atoms with Crippen LogP contribution in [0.5, 0.6) is 0 Å². The number of nitrogens with one attached hydrogen (secondary N) is 1. The molecule has 1 aliphatic rings. The lowest BCUT2D eigenvalue weighted by atomic mass is 10.1. The number of rotatable bonds is 5. The summed E-state index contributed by atoms with van der Waals surface area (Å²) in [5, 5.41) is 3.03. The average molecular weight is 495 g/mol. The van der Waals surface area contributed by atoms with Crippen molar-refractivity contribution in [2.24, 2.45) is 0 Å². The summed E-state index contributed by atoms with van der Waals surface area (Å²) in [6.45, 7) is 7.23. The van der Waals surface area contributed by atoms with Gasteiger partial charge in [-0.15, -0.1) is 0 Å².